The molecule has 2 atom stereocenters. The zero-order valence-corrected chi connectivity index (χ0v) is 9.01. The van der Waals surface area contributed by atoms with Crippen LogP contribution in [-0.2, 0) is 0 Å². The third-order valence-electron chi connectivity index (χ3n) is 2.39. The van der Waals surface area contributed by atoms with Crippen LogP contribution in [0.25, 0.3) is 0 Å². The van der Waals surface area contributed by atoms with E-state index in [4.69, 9.17) is 5.73 Å². The number of rotatable bonds is 6. The van der Waals surface area contributed by atoms with Gasteiger partial charge in [-0.25, -0.2) is 0 Å². The third-order valence-corrected chi connectivity index (χ3v) is 2.39. The number of hydrogen-bond donors (Lipinski definition) is 1. The fourth-order valence-electron chi connectivity index (χ4n) is 1.47. The molecule has 0 aromatic heterocycles. The third kappa shape index (κ3) is 5.56. The molecule has 0 amide bonds. The molecule has 1 unspecified atom stereocenters. The molecule has 2 nitrogen and oxygen atoms in total. The monoisotopic (exact) mass is 172 g/mol. The van der Waals surface area contributed by atoms with Crippen molar-refractivity contribution >= 4 is 0 Å². The lowest BCUT2D eigenvalue weighted by Crippen LogP contribution is -2.29. The van der Waals surface area contributed by atoms with Crippen molar-refractivity contribution in [3.63, 3.8) is 0 Å². The van der Waals surface area contributed by atoms with Crippen LogP contribution in [0.2, 0.25) is 0 Å². The number of hydrogen-bond acceptors (Lipinski definition) is 2. The van der Waals surface area contributed by atoms with Crippen molar-refractivity contribution in [3.8, 4) is 0 Å². The molecule has 0 spiro atoms. The molecule has 0 aliphatic carbocycles. The Balaban J connectivity index is 3.66. The van der Waals surface area contributed by atoms with E-state index in [2.05, 4.69) is 32.7 Å². The first-order valence-corrected chi connectivity index (χ1v) is 5.04. The van der Waals surface area contributed by atoms with Crippen molar-refractivity contribution in [2.75, 3.05) is 20.1 Å². The highest BCUT2D eigenvalue weighted by atomic mass is 15.1. The number of nitrogens with zero attached hydrogens (tertiary/aromatic N) is 1. The molecule has 2 N–H and O–H groups in total. The highest BCUT2D eigenvalue weighted by Gasteiger charge is 2.10. The van der Waals surface area contributed by atoms with Gasteiger partial charge in [-0.1, -0.05) is 20.3 Å². The summed E-state index contributed by atoms with van der Waals surface area (Å²) < 4.78 is 0. The summed E-state index contributed by atoms with van der Waals surface area (Å²) in [6, 6.07) is 0.347. The van der Waals surface area contributed by atoms with Crippen molar-refractivity contribution in [2.24, 2.45) is 11.7 Å². The van der Waals surface area contributed by atoms with Gasteiger partial charge in [-0.2, -0.15) is 0 Å². The summed E-state index contributed by atoms with van der Waals surface area (Å²) in [6.07, 6.45) is 2.40. The molecule has 0 aliphatic rings. The molecule has 12 heavy (non-hydrogen) atoms. The Hall–Kier alpha value is -0.0800. The van der Waals surface area contributed by atoms with Gasteiger partial charge < -0.3 is 10.6 Å². The van der Waals surface area contributed by atoms with Crippen LogP contribution in [0.4, 0.5) is 0 Å². The van der Waals surface area contributed by atoms with Gasteiger partial charge in [0, 0.05) is 12.6 Å². The molecule has 2 heteroatoms. The second kappa shape index (κ2) is 6.44. The van der Waals surface area contributed by atoms with E-state index in [-0.39, 0.29) is 0 Å². The zero-order chi connectivity index (χ0) is 9.56. The van der Waals surface area contributed by atoms with Crippen LogP contribution in [-0.4, -0.2) is 31.1 Å². The Morgan fingerprint density at radius 3 is 2.25 bits per heavy atom. The zero-order valence-electron chi connectivity index (χ0n) is 9.01. The van der Waals surface area contributed by atoms with Crippen molar-refractivity contribution in [1.29, 1.82) is 0 Å². The fraction of sp³-hybridized carbons (Fsp3) is 1.00. The first-order chi connectivity index (χ1) is 5.60. The molecule has 0 bridgehead atoms. The van der Waals surface area contributed by atoms with Crippen LogP contribution in [0.1, 0.15) is 33.6 Å². The number of nitrogens with two attached hydrogens (primary N) is 1. The molecule has 0 aromatic rings. The van der Waals surface area contributed by atoms with Crippen molar-refractivity contribution in [3.05, 3.63) is 0 Å². The van der Waals surface area contributed by atoms with E-state index in [0.717, 1.165) is 18.9 Å². The predicted octanol–water partition coefficient (Wildman–Crippen LogP) is 1.70. The van der Waals surface area contributed by atoms with Gasteiger partial charge in [0.15, 0.2) is 0 Å². The summed E-state index contributed by atoms with van der Waals surface area (Å²) in [5.74, 6) is 0.773. The average molecular weight is 172 g/mol. The van der Waals surface area contributed by atoms with Crippen LogP contribution in [0.5, 0.6) is 0 Å². The minimum atomic E-state index is 0.347. The lowest BCUT2D eigenvalue weighted by atomic mass is 9.98. The summed E-state index contributed by atoms with van der Waals surface area (Å²) >= 11 is 0. The van der Waals surface area contributed by atoms with E-state index in [9.17, 15) is 0 Å². The van der Waals surface area contributed by atoms with E-state index in [1.165, 1.54) is 13.0 Å². The van der Waals surface area contributed by atoms with E-state index in [1.54, 1.807) is 0 Å². The maximum absolute atomic E-state index is 5.77. The van der Waals surface area contributed by atoms with Crippen LogP contribution >= 0.6 is 0 Å². The van der Waals surface area contributed by atoms with Crippen molar-refractivity contribution in [2.45, 2.75) is 39.7 Å². The van der Waals surface area contributed by atoms with Gasteiger partial charge in [0.2, 0.25) is 0 Å². The smallest absolute Gasteiger partial charge is 0.00135 e. The summed E-state index contributed by atoms with van der Waals surface area (Å²) in [5, 5.41) is 0. The molecule has 0 aliphatic heterocycles. The topological polar surface area (TPSA) is 29.3 Å². The standard InChI is InChI=1S/C10H24N2/c1-5-10(7-9(3)11)8-12(4)6-2/h9-10H,5-8,11H2,1-4H3/t9?,10-/m0/s1. The lowest BCUT2D eigenvalue weighted by Gasteiger charge is -2.23. The molecule has 0 radical (unpaired) electrons. The Morgan fingerprint density at radius 1 is 1.33 bits per heavy atom. The first kappa shape index (κ1) is 11.9. The molecule has 0 saturated heterocycles. The van der Waals surface area contributed by atoms with Gasteiger partial charge in [-0.05, 0) is 32.9 Å². The molecule has 0 aromatic carbocycles. The predicted molar refractivity (Wildman–Crippen MR) is 55.2 cm³/mol. The van der Waals surface area contributed by atoms with E-state index in [0.29, 0.717) is 6.04 Å². The average Bonchev–Trinajstić information content (AvgIpc) is 2.02. The van der Waals surface area contributed by atoms with Gasteiger partial charge in [-0.15, -0.1) is 0 Å². The Labute approximate surface area is 77.1 Å². The summed E-state index contributed by atoms with van der Waals surface area (Å²) in [5.41, 5.74) is 5.77. The van der Waals surface area contributed by atoms with Crippen molar-refractivity contribution in [1.82, 2.24) is 4.90 Å². The van der Waals surface area contributed by atoms with Crippen molar-refractivity contribution < 1.29 is 0 Å². The molecular formula is C10H24N2. The maximum Gasteiger partial charge on any atom is 0.00135 e. The molecule has 74 valence electrons. The van der Waals surface area contributed by atoms with E-state index < -0.39 is 0 Å². The quantitative estimate of drug-likeness (QED) is 0.661. The summed E-state index contributed by atoms with van der Waals surface area (Å²) in [4.78, 5) is 2.36. The Kier molecular flexibility index (Phi) is 6.39. The second-order valence-corrected chi connectivity index (χ2v) is 3.84. The molecule has 0 rings (SSSR count). The maximum atomic E-state index is 5.77. The van der Waals surface area contributed by atoms with Gasteiger partial charge in [-0.3, -0.25) is 0 Å². The van der Waals surface area contributed by atoms with E-state index >= 15 is 0 Å². The fourth-order valence-corrected chi connectivity index (χ4v) is 1.47. The van der Waals surface area contributed by atoms with E-state index in [1.807, 2.05) is 0 Å². The minimum absolute atomic E-state index is 0.347. The van der Waals surface area contributed by atoms with Crippen LogP contribution in [0.3, 0.4) is 0 Å². The van der Waals surface area contributed by atoms with Gasteiger partial charge >= 0.3 is 0 Å². The normalized spacial score (nSPS) is 16.5. The molecule has 0 fully saturated rings. The minimum Gasteiger partial charge on any atom is -0.328 e. The lowest BCUT2D eigenvalue weighted by molar-refractivity contribution is 0.266. The van der Waals surface area contributed by atoms with Gasteiger partial charge in [0.25, 0.3) is 0 Å². The van der Waals surface area contributed by atoms with Crippen LogP contribution in [0.15, 0.2) is 0 Å². The Morgan fingerprint density at radius 2 is 1.92 bits per heavy atom. The highest BCUT2D eigenvalue weighted by molar-refractivity contribution is 4.66. The first-order valence-electron chi connectivity index (χ1n) is 5.04. The van der Waals surface area contributed by atoms with Crippen LogP contribution < -0.4 is 5.73 Å². The molecule has 0 heterocycles. The second-order valence-electron chi connectivity index (χ2n) is 3.84. The van der Waals surface area contributed by atoms with Gasteiger partial charge in [0.05, 0.1) is 0 Å². The summed E-state index contributed by atoms with van der Waals surface area (Å²) in [7, 11) is 2.17. The van der Waals surface area contributed by atoms with Gasteiger partial charge in [0.1, 0.15) is 0 Å². The molecular weight excluding hydrogens is 148 g/mol. The largest absolute Gasteiger partial charge is 0.328 e. The summed E-state index contributed by atoms with van der Waals surface area (Å²) in [6.45, 7) is 8.85. The molecule has 0 saturated carbocycles. The Bertz CT molecular complexity index is 102. The highest BCUT2D eigenvalue weighted by Crippen LogP contribution is 2.11. The van der Waals surface area contributed by atoms with Crippen LogP contribution in [0, 0.1) is 5.92 Å². The SMILES string of the molecule is CC[C@@H](CC(C)N)CN(C)CC.